The molecule has 0 amide bonds. The van der Waals surface area contributed by atoms with Crippen molar-refractivity contribution in [1.82, 2.24) is 20.5 Å². The van der Waals surface area contributed by atoms with E-state index in [0.717, 1.165) is 30.5 Å². The van der Waals surface area contributed by atoms with Crippen LogP contribution in [0.1, 0.15) is 11.3 Å². The lowest BCUT2D eigenvalue weighted by molar-refractivity contribution is 0.640. The number of aromatic amines is 1. The Morgan fingerprint density at radius 1 is 1.46 bits per heavy atom. The Morgan fingerprint density at radius 2 is 2.46 bits per heavy atom. The van der Waals surface area contributed by atoms with E-state index in [1.165, 1.54) is 11.3 Å². The van der Waals surface area contributed by atoms with Gasteiger partial charge in [-0.05, 0) is 5.56 Å². The van der Waals surface area contributed by atoms with Crippen LogP contribution >= 0.6 is 0 Å². The van der Waals surface area contributed by atoms with Gasteiger partial charge >= 0.3 is 0 Å². The van der Waals surface area contributed by atoms with Gasteiger partial charge in [-0.1, -0.05) is 0 Å². The molecule has 0 fully saturated rings. The molecule has 0 atom stereocenters. The van der Waals surface area contributed by atoms with Gasteiger partial charge in [0.15, 0.2) is 5.65 Å². The Balaban J connectivity index is 2.34. The van der Waals surface area contributed by atoms with Crippen LogP contribution in [0.2, 0.25) is 0 Å². The van der Waals surface area contributed by atoms with Gasteiger partial charge in [-0.15, -0.1) is 5.10 Å². The van der Waals surface area contributed by atoms with Crippen molar-refractivity contribution in [3.63, 3.8) is 0 Å². The van der Waals surface area contributed by atoms with Crippen molar-refractivity contribution in [2.45, 2.75) is 13.0 Å². The Bertz CT molecular complexity index is 446. The van der Waals surface area contributed by atoms with Crippen molar-refractivity contribution < 1.29 is 0 Å². The zero-order valence-corrected chi connectivity index (χ0v) is 7.09. The average Bonchev–Trinajstić information content (AvgIpc) is 2.56. The zero-order valence-electron chi connectivity index (χ0n) is 7.09. The molecule has 0 unspecified atom stereocenters. The monoisotopic (exact) mass is 173 g/mol. The minimum Gasteiger partial charge on any atom is -0.341 e. The maximum absolute atomic E-state index is 4.02. The van der Waals surface area contributed by atoms with E-state index in [1.807, 2.05) is 0 Å². The third-order valence-corrected chi connectivity index (χ3v) is 2.45. The van der Waals surface area contributed by atoms with Crippen LogP contribution in [0.5, 0.6) is 0 Å². The third-order valence-electron chi connectivity index (χ3n) is 2.45. The van der Waals surface area contributed by atoms with Gasteiger partial charge in [0, 0.05) is 36.7 Å². The summed E-state index contributed by atoms with van der Waals surface area (Å²) in [5, 5.41) is 12.2. The molecule has 4 heteroatoms. The SMILES string of the molecule is [c]1cnnc2[nH]c3c(c12)CNCC3. The molecule has 0 bridgehead atoms. The van der Waals surface area contributed by atoms with E-state index in [9.17, 15) is 0 Å². The highest BCUT2D eigenvalue weighted by Gasteiger charge is 2.14. The maximum atomic E-state index is 4.02. The van der Waals surface area contributed by atoms with Gasteiger partial charge in [0.1, 0.15) is 0 Å². The summed E-state index contributed by atoms with van der Waals surface area (Å²) in [7, 11) is 0. The molecule has 2 aromatic heterocycles. The summed E-state index contributed by atoms with van der Waals surface area (Å²) in [6.07, 6.45) is 2.66. The Labute approximate surface area is 75.4 Å². The van der Waals surface area contributed by atoms with Gasteiger partial charge in [-0.25, -0.2) is 0 Å². The Kier molecular flexibility index (Phi) is 1.37. The van der Waals surface area contributed by atoms with Gasteiger partial charge in [0.25, 0.3) is 0 Å². The van der Waals surface area contributed by atoms with Crippen LogP contribution in [0.3, 0.4) is 0 Å². The quantitative estimate of drug-likeness (QED) is 0.606. The fraction of sp³-hybridized carbons (Fsp3) is 0.333. The standard InChI is InChI=1S/C9H9N4/c1-4-11-13-9-6(1)7-5-10-3-2-8(7)12-9/h4,10H,2-3,5H2,(H,12,13). The predicted octanol–water partition coefficient (Wildman–Crippen LogP) is 0.404. The largest absolute Gasteiger partial charge is 0.341 e. The molecule has 2 aromatic rings. The maximum Gasteiger partial charge on any atom is 0.161 e. The van der Waals surface area contributed by atoms with Crippen LogP contribution in [-0.4, -0.2) is 21.7 Å². The minimum atomic E-state index is 0.858. The summed E-state index contributed by atoms with van der Waals surface area (Å²) >= 11 is 0. The molecule has 0 aromatic carbocycles. The number of nitrogens with one attached hydrogen (secondary N) is 2. The minimum absolute atomic E-state index is 0.858. The number of hydrogen-bond acceptors (Lipinski definition) is 3. The van der Waals surface area contributed by atoms with Crippen molar-refractivity contribution in [2.24, 2.45) is 0 Å². The number of fused-ring (bicyclic) bond motifs is 3. The Hall–Kier alpha value is -1.42. The molecule has 0 saturated heterocycles. The van der Waals surface area contributed by atoms with Crippen LogP contribution in [-0.2, 0) is 13.0 Å². The second-order valence-electron chi connectivity index (χ2n) is 3.22. The Morgan fingerprint density at radius 3 is 3.46 bits per heavy atom. The molecule has 3 heterocycles. The summed E-state index contributed by atoms with van der Waals surface area (Å²) in [6.45, 7) is 1.95. The second kappa shape index (κ2) is 2.53. The van der Waals surface area contributed by atoms with Crippen LogP contribution in [0.4, 0.5) is 0 Å². The first-order valence-corrected chi connectivity index (χ1v) is 4.38. The highest BCUT2D eigenvalue weighted by molar-refractivity contribution is 5.80. The molecule has 0 saturated carbocycles. The zero-order chi connectivity index (χ0) is 8.67. The fourth-order valence-electron chi connectivity index (χ4n) is 1.82. The number of aromatic nitrogens is 3. The molecule has 1 aliphatic rings. The van der Waals surface area contributed by atoms with Crippen LogP contribution in [0.25, 0.3) is 11.0 Å². The van der Waals surface area contributed by atoms with Gasteiger partial charge in [-0.3, -0.25) is 0 Å². The molecule has 65 valence electrons. The summed E-state index contributed by atoms with van der Waals surface area (Å²) in [5.41, 5.74) is 3.44. The summed E-state index contributed by atoms with van der Waals surface area (Å²) in [6, 6.07) is 3.11. The number of hydrogen-bond donors (Lipinski definition) is 2. The van der Waals surface area contributed by atoms with Gasteiger partial charge in [0.05, 0.1) is 6.20 Å². The first-order chi connectivity index (χ1) is 6.45. The first kappa shape index (κ1) is 7.03. The molecule has 3 rings (SSSR count). The molecular formula is C9H9N4. The molecule has 1 radical (unpaired) electrons. The van der Waals surface area contributed by atoms with E-state index in [2.05, 4.69) is 26.6 Å². The van der Waals surface area contributed by atoms with E-state index in [1.54, 1.807) is 6.20 Å². The van der Waals surface area contributed by atoms with Gasteiger partial charge < -0.3 is 10.3 Å². The number of H-pyrrole nitrogens is 1. The first-order valence-electron chi connectivity index (χ1n) is 4.38. The van der Waals surface area contributed by atoms with E-state index >= 15 is 0 Å². The van der Waals surface area contributed by atoms with E-state index in [-0.39, 0.29) is 0 Å². The lowest BCUT2D eigenvalue weighted by Crippen LogP contribution is -2.22. The lowest BCUT2D eigenvalue weighted by Gasteiger charge is -2.11. The smallest absolute Gasteiger partial charge is 0.161 e. The van der Waals surface area contributed by atoms with Crippen LogP contribution in [0, 0.1) is 6.07 Å². The summed E-state index contributed by atoms with van der Waals surface area (Å²) in [5.74, 6) is 0. The van der Waals surface area contributed by atoms with Gasteiger partial charge in [-0.2, -0.15) is 5.10 Å². The molecule has 4 nitrogen and oxygen atoms in total. The normalized spacial score (nSPS) is 16.0. The van der Waals surface area contributed by atoms with Crippen molar-refractivity contribution in [1.29, 1.82) is 0 Å². The topological polar surface area (TPSA) is 53.6 Å². The predicted molar refractivity (Wildman–Crippen MR) is 48.1 cm³/mol. The average molecular weight is 173 g/mol. The molecule has 1 aliphatic heterocycles. The lowest BCUT2D eigenvalue weighted by atomic mass is 10.1. The van der Waals surface area contributed by atoms with Crippen molar-refractivity contribution in [3.8, 4) is 0 Å². The van der Waals surface area contributed by atoms with Gasteiger partial charge in [0.2, 0.25) is 0 Å². The highest BCUT2D eigenvalue weighted by atomic mass is 15.1. The summed E-state index contributed by atoms with van der Waals surface area (Å²) < 4.78 is 0. The third kappa shape index (κ3) is 0.954. The summed E-state index contributed by atoms with van der Waals surface area (Å²) in [4.78, 5) is 3.27. The number of nitrogens with zero attached hydrogens (tertiary/aromatic N) is 2. The van der Waals surface area contributed by atoms with E-state index < -0.39 is 0 Å². The number of rotatable bonds is 0. The molecule has 2 N–H and O–H groups in total. The van der Waals surface area contributed by atoms with E-state index in [4.69, 9.17) is 0 Å². The molecule has 0 aliphatic carbocycles. The fourth-order valence-corrected chi connectivity index (χ4v) is 1.82. The van der Waals surface area contributed by atoms with E-state index in [0.29, 0.717) is 0 Å². The highest BCUT2D eigenvalue weighted by Crippen LogP contribution is 2.21. The van der Waals surface area contributed by atoms with Crippen molar-refractivity contribution in [3.05, 3.63) is 23.5 Å². The van der Waals surface area contributed by atoms with Crippen molar-refractivity contribution in [2.75, 3.05) is 6.54 Å². The van der Waals surface area contributed by atoms with Crippen LogP contribution in [0.15, 0.2) is 6.20 Å². The van der Waals surface area contributed by atoms with Crippen molar-refractivity contribution >= 4 is 11.0 Å². The molecular weight excluding hydrogens is 164 g/mol. The molecule has 0 spiro atoms. The second-order valence-corrected chi connectivity index (χ2v) is 3.22. The molecule has 13 heavy (non-hydrogen) atoms. The van der Waals surface area contributed by atoms with Crippen LogP contribution < -0.4 is 5.32 Å².